The van der Waals surface area contributed by atoms with Gasteiger partial charge in [0.05, 0.1) is 30.2 Å². The number of amides is 1. The van der Waals surface area contributed by atoms with Gasteiger partial charge in [-0.1, -0.05) is 32.0 Å². The number of benzene rings is 2. The summed E-state index contributed by atoms with van der Waals surface area (Å²) < 4.78 is 107. The normalized spacial score (nSPS) is 15.4. The summed E-state index contributed by atoms with van der Waals surface area (Å²) in [4.78, 5) is 41.2. The number of carbonyl (C=O) groups is 2. The Bertz CT molecular complexity index is 1810. The average Bonchev–Trinajstić information content (AvgIpc) is 3.00. The predicted octanol–water partition coefficient (Wildman–Crippen LogP) is 7.35. The molecule has 2 N–H and O–H groups in total. The molecule has 1 unspecified atom stereocenters. The number of carboxylic acid groups (broad SMARTS) is 1. The fraction of sp³-hybridized carbons (Fsp3) is 0.486. The molecule has 1 aliphatic rings. The molecule has 0 spiro atoms. The van der Waals surface area contributed by atoms with Gasteiger partial charge in [-0.3, -0.25) is 14.4 Å². The van der Waals surface area contributed by atoms with Gasteiger partial charge in [0, 0.05) is 50.5 Å². The number of methoxy groups -OCH3 is 1. The molecule has 3 aromatic rings. The van der Waals surface area contributed by atoms with E-state index in [-0.39, 0.29) is 42.3 Å². The molecule has 0 aliphatic carbocycles. The second-order valence-electron chi connectivity index (χ2n) is 13.8. The van der Waals surface area contributed by atoms with Gasteiger partial charge >= 0.3 is 18.3 Å². The van der Waals surface area contributed by atoms with Crippen molar-refractivity contribution >= 4 is 11.9 Å². The molecule has 52 heavy (non-hydrogen) atoms. The number of hydrogen-bond donors (Lipinski definition) is 2. The minimum atomic E-state index is -5.20. The first kappa shape index (κ1) is 40.5. The summed E-state index contributed by atoms with van der Waals surface area (Å²) in [5.74, 6) is -4.56. The molecule has 4 rings (SSSR count). The maximum absolute atomic E-state index is 15.8. The summed E-state index contributed by atoms with van der Waals surface area (Å²) in [6.07, 6.45) is -10.4. The summed E-state index contributed by atoms with van der Waals surface area (Å²) in [6.45, 7) is 8.57. The lowest BCUT2D eigenvalue weighted by Gasteiger charge is -2.39. The summed E-state index contributed by atoms with van der Waals surface area (Å²) in [5, 5.41) is 12.1. The van der Waals surface area contributed by atoms with Crippen LogP contribution in [0.1, 0.15) is 72.2 Å². The lowest BCUT2D eigenvalue weighted by Crippen LogP contribution is -2.49. The van der Waals surface area contributed by atoms with Crippen LogP contribution in [0.15, 0.2) is 47.4 Å². The standard InChI is InChI=1S/C37H42F7N3O5/c1-20(2)11-30(47-18-24(27(14-31(47)48)36(39,40)41)9-10-46-16-23(17-46)19-52-5)35(51)45-29(15-32(49)50)26-12-25(13-28(34(26)38)37(42,43)44)33-21(3)7-6-8-22(33)4/h6-8,12-14,18,20,23,29-30H,9-11,15-17,19H2,1-5H3,(H,45,51)(H,49,50)/t29-,30?/m0/s1. The molecular formula is C37H42F7N3O5. The number of ether oxygens (including phenoxy) is 1. The van der Waals surface area contributed by atoms with Gasteiger partial charge in [-0.05, 0) is 72.6 Å². The Morgan fingerprint density at radius 1 is 1.00 bits per heavy atom. The van der Waals surface area contributed by atoms with Gasteiger partial charge in [0.1, 0.15) is 11.9 Å². The van der Waals surface area contributed by atoms with Crippen LogP contribution in [0.4, 0.5) is 30.7 Å². The number of aromatic nitrogens is 1. The fourth-order valence-electron chi connectivity index (χ4n) is 6.77. The average molecular weight is 742 g/mol. The number of pyridine rings is 1. The lowest BCUT2D eigenvalue weighted by molar-refractivity contribution is -0.140. The van der Waals surface area contributed by atoms with E-state index in [4.69, 9.17) is 4.74 Å². The van der Waals surface area contributed by atoms with Crippen molar-refractivity contribution in [1.29, 1.82) is 0 Å². The third-order valence-corrected chi connectivity index (χ3v) is 9.18. The molecule has 15 heteroatoms. The molecular weight excluding hydrogens is 699 g/mol. The van der Waals surface area contributed by atoms with Crippen molar-refractivity contribution in [3.63, 3.8) is 0 Å². The maximum Gasteiger partial charge on any atom is 0.419 e. The van der Waals surface area contributed by atoms with Crippen molar-refractivity contribution in [2.45, 2.75) is 71.4 Å². The van der Waals surface area contributed by atoms with E-state index in [0.717, 1.165) is 16.8 Å². The zero-order valence-electron chi connectivity index (χ0n) is 29.4. The zero-order valence-corrected chi connectivity index (χ0v) is 29.4. The maximum atomic E-state index is 15.8. The van der Waals surface area contributed by atoms with Crippen molar-refractivity contribution in [3.8, 4) is 11.1 Å². The van der Waals surface area contributed by atoms with Crippen LogP contribution in [0.3, 0.4) is 0 Å². The van der Waals surface area contributed by atoms with Crippen LogP contribution in [0.5, 0.6) is 0 Å². The van der Waals surface area contributed by atoms with E-state index in [0.29, 0.717) is 48.5 Å². The number of carbonyl (C=O) groups excluding carboxylic acids is 1. The van der Waals surface area contributed by atoms with Crippen molar-refractivity contribution < 1.29 is 50.2 Å². The van der Waals surface area contributed by atoms with E-state index in [2.05, 4.69) is 5.32 Å². The van der Waals surface area contributed by atoms with E-state index < -0.39 is 70.8 Å². The summed E-state index contributed by atoms with van der Waals surface area (Å²) in [7, 11) is 1.55. The third kappa shape index (κ3) is 9.59. The Labute approximate surface area is 296 Å². The van der Waals surface area contributed by atoms with Gasteiger partial charge in [-0.15, -0.1) is 0 Å². The van der Waals surface area contributed by atoms with Crippen LogP contribution in [-0.2, 0) is 33.1 Å². The van der Waals surface area contributed by atoms with Crippen molar-refractivity contribution in [3.05, 3.63) is 92.1 Å². The highest BCUT2D eigenvalue weighted by molar-refractivity contribution is 5.82. The largest absolute Gasteiger partial charge is 0.481 e. The highest BCUT2D eigenvalue weighted by Crippen LogP contribution is 2.40. The summed E-state index contributed by atoms with van der Waals surface area (Å²) >= 11 is 0. The summed E-state index contributed by atoms with van der Waals surface area (Å²) in [5.41, 5.74) is -3.62. The molecule has 0 saturated carbocycles. The molecule has 1 fully saturated rings. The van der Waals surface area contributed by atoms with Crippen molar-refractivity contribution in [2.24, 2.45) is 11.8 Å². The Kier molecular flexibility index (Phi) is 12.6. The van der Waals surface area contributed by atoms with E-state index in [1.54, 1.807) is 53.0 Å². The van der Waals surface area contributed by atoms with Crippen LogP contribution in [0.2, 0.25) is 0 Å². The molecule has 284 valence electrons. The molecule has 2 aromatic carbocycles. The number of alkyl halides is 6. The first-order valence-corrected chi connectivity index (χ1v) is 16.7. The smallest absolute Gasteiger partial charge is 0.419 e. The van der Waals surface area contributed by atoms with Gasteiger partial charge in [-0.25, -0.2) is 4.39 Å². The Morgan fingerprint density at radius 3 is 2.15 bits per heavy atom. The van der Waals surface area contributed by atoms with Crippen LogP contribution in [0, 0.1) is 31.5 Å². The number of likely N-dealkylation sites (tertiary alicyclic amines) is 1. The number of hydrogen-bond acceptors (Lipinski definition) is 5. The highest BCUT2D eigenvalue weighted by atomic mass is 19.4. The number of carboxylic acids is 1. The minimum Gasteiger partial charge on any atom is -0.481 e. The van der Waals surface area contributed by atoms with Crippen LogP contribution in [-0.4, -0.2) is 59.8 Å². The van der Waals surface area contributed by atoms with Crippen molar-refractivity contribution in [1.82, 2.24) is 14.8 Å². The van der Waals surface area contributed by atoms with Crippen molar-refractivity contribution in [2.75, 3.05) is 33.4 Å². The molecule has 1 aromatic heterocycles. The number of aliphatic carboxylic acids is 1. The SMILES string of the molecule is COCC1CN(CCc2cn(C(CC(C)C)C(=O)N[C@@H](CC(=O)O)c3cc(-c4c(C)cccc4C)cc(C(F)(F)F)c3F)c(=O)cc2C(F)(F)F)C1. The Hall–Kier alpha value is -4.24. The predicted molar refractivity (Wildman–Crippen MR) is 179 cm³/mol. The second kappa shape index (κ2) is 16.2. The molecule has 0 radical (unpaired) electrons. The first-order chi connectivity index (χ1) is 24.2. The van der Waals surface area contributed by atoms with E-state index in [9.17, 15) is 45.8 Å². The molecule has 1 amide bonds. The van der Waals surface area contributed by atoms with Crippen LogP contribution >= 0.6 is 0 Å². The Balaban J connectivity index is 1.79. The van der Waals surface area contributed by atoms with E-state index in [1.165, 1.54) is 0 Å². The van der Waals surface area contributed by atoms with Gasteiger partial charge in [0.25, 0.3) is 5.56 Å². The lowest BCUT2D eigenvalue weighted by atomic mass is 9.90. The van der Waals surface area contributed by atoms with Crippen LogP contribution in [0.25, 0.3) is 11.1 Å². The minimum absolute atomic E-state index is 0.0676. The molecule has 0 bridgehead atoms. The molecule has 2 atom stereocenters. The van der Waals surface area contributed by atoms with E-state index in [1.807, 2.05) is 4.90 Å². The quantitative estimate of drug-likeness (QED) is 0.168. The van der Waals surface area contributed by atoms with Gasteiger partial charge < -0.3 is 24.6 Å². The van der Waals surface area contributed by atoms with Gasteiger partial charge in [0.2, 0.25) is 5.91 Å². The molecule has 2 heterocycles. The topological polar surface area (TPSA) is 101 Å². The monoisotopic (exact) mass is 741 g/mol. The van der Waals surface area contributed by atoms with E-state index >= 15 is 4.39 Å². The number of aryl methyl sites for hydroxylation is 2. The highest BCUT2D eigenvalue weighted by Gasteiger charge is 2.39. The van der Waals surface area contributed by atoms with Gasteiger partial charge in [0.15, 0.2) is 0 Å². The third-order valence-electron chi connectivity index (χ3n) is 9.18. The first-order valence-electron chi connectivity index (χ1n) is 16.7. The van der Waals surface area contributed by atoms with Gasteiger partial charge in [-0.2, -0.15) is 26.3 Å². The number of nitrogens with one attached hydrogen (secondary N) is 1. The number of rotatable bonds is 14. The number of halogens is 7. The zero-order chi connectivity index (χ0) is 38.7. The number of nitrogens with zero attached hydrogens (tertiary/aromatic N) is 2. The summed E-state index contributed by atoms with van der Waals surface area (Å²) in [6, 6.07) is 3.67. The molecule has 1 aliphatic heterocycles. The molecule has 8 nitrogen and oxygen atoms in total. The Morgan fingerprint density at radius 2 is 1.62 bits per heavy atom. The van der Waals surface area contributed by atoms with Crippen LogP contribution < -0.4 is 10.9 Å². The second-order valence-corrected chi connectivity index (χ2v) is 13.8. The fourth-order valence-corrected chi connectivity index (χ4v) is 6.77. The molecule has 1 saturated heterocycles.